The van der Waals surface area contributed by atoms with Gasteiger partial charge in [-0.05, 0) is 12.1 Å². The van der Waals surface area contributed by atoms with E-state index >= 15 is 0 Å². The molecule has 3 rings (SSSR count). The smallest absolute Gasteiger partial charge is 0.428 e. The van der Waals surface area contributed by atoms with E-state index in [-0.39, 0.29) is 5.75 Å². The van der Waals surface area contributed by atoms with Crippen molar-refractivity contribution in [2.45, 2.75) is 42.1 Å². The zero-order chi connectivity index (χ0) is 19.1. The van der Waals surface area contributed by atoms with Crippen LogP contribution in [0.5, 0.6) is 5.75 Å². The van der Waals surface area contributed by atoms with Crippen LogP contribution in [0.4, 0.5) is 13.2 Å². The van der Waals surface area contributed by atoms with Gasteiger partial charge in [0.25, 0.3) is 0 Å². The van der Waals surface area contributed by atoms with Crippen LogP contribution in [0, 0.1) is 0 Å². The highest BCUT2D eigenvalue weighted by Gasteiger charge is 2.57. The van der Waals surface area contributed by atoms with Crippen LogP contribution in [0.15, 0.2) is 35.3 Å². The fourth-order valence-corrected chi connectivity index (χ4v) is 3.95. The number of ether oxygens (including phenoxy) is 2. The van der Waals surface area contributed by atoms with E-state index < -0.39 is 42.1 Å². The molecular formula is C16H19F3N2O4S. The van der Waals surface area contributed by atoms with Crippen LogP contribution < -0.4 is 4.74 Å². The van der Waals surface area contributed by atoms with E-state index in [2.05, 4.69) is 4.99 Å². The molecule has 0 amide bonds. The Bertz CT molecular complexity index is 659. The summed E-state index contributed by atoms with van der Waals surface area (Å²) in [5.74, 6) is -0.00783. The van der Waals surface area contributed by atoms with Gasteiger partial charge < -0.3 is 24.6 Å². The summed E-state index contributed by atoms with van der Waals surface area (Å²) in [6.45, 7) is 0. The molecule has 1 aromatic rings. The molecule has 6 atom stereocenters. The minimum Gasteiger partial charge on any atom is -0.478 e. The normalized spacial score (nSPS) is 32.6. The molecule has 2 aliphatic rings. The van der Waals surface area contributed by atoms with Gasteiger partial charge in [0, 0.05) is 14.1 Å². The molecule has 2 N–H and O–H groups in total. The molecule has 0 aliphatic carbocycles. The Hall–Kier alpha value is -1.49. The number of fused-ring (bicyclic) bond motifs is 1. The molecule has 0 spiro atoms. The van der Waals surface area contributed by atoms with Crippen LogP contribution in [-0.4, -0.2) is 76.4 Å². The molecule has 0 aromatic heterocycles. The first-order valence-electron chi connectivity index (χ1n) is 7.90. The Morgan fingerprint density at radius 2 is 1.85 bits per heavy atom. The van der Waals surface area contributed by atoms with Crippen molar-refractivity contribution in [3.8, 4) is 5.75 Å². The first-order chi connectivity index (χ1) is 12.2. The summed E-state index contributed by atoms with van der Waals surface area (Å²) in [5, 5.41) is 21.1. The van der Waals surface area contributed by atoms with Gasteiger partial charge in [0.2, 0.25) is 6.10 Å². The Balaban J connectivity index is 1.84. The average molecular weight is 392 g/mol. The van der Waals surface area contributed by atoms with Crippen molar-refractivity contribution >= 4 is 16.9 Å². The van der Waals surface area contributed by atoms with Crippen molar-refractivity contribution in [3.05, 3.63) is 30.3 Å². The molecule has 2 aliphatic heterocycles. The number of benzene rings is 1. The SMILES string of the molecule is CN(C)C1=N[C@@H]2[C@@H](O)[C@H](O)C([C@H](Oc3ccccc3)C(F)(F)F)O[C@@H]2S1. The summed E-state index contributed by atoms with van der Waals surface area (Å²) in [6, 6.07) is 6.64. The highest BCUT2D eigenvalue weighted by atomic mass is 32.2. The zero-order valence-corrected chi connectivity index (χ0v) is 14.8. The molecule has 6 nitrogen and oxygen atoms in total. The van der Waals surface area contributed by atoms with Crippen LogP contribution in [0.2, 0.25) is 0 Å². The summed E-state index contributed by atoms with van der Waals surface area (Å²) >= 11 is 1.11. The van der Waals surface area contributed by atoms with E-state index in [1.807, 2.05) is 0 Å². The molecule has 1 aromatic carbocycles. The molecule has 0 saturated carbocycles. The van der Waals surface area contributed by atoms with Crippen molar-refractivity contribution in [1.82, 2.24) is 4.90 Å². The third-order valence-electron chi connectivity index (χ3n) is 4.10. The van der Waals surface area contributed by atoms with Gasteiger partial charge in [-0.1, -0.05) is 30.0 Å². The number of nitrogens with zero attached hydrogens (tertiary/aromatic N) is 2. The lowest BCUT2D eigenvalue weighted by Gasteiger charge is -2.41. The molecule has 1 saturated heterocycles. The number of hydrogen-bond donors (Lipinski definition) is 2. The lowest BCUT2D eigenvalue weighted by atomic mass is 9.94. The number of alkyl halides is 3. The molecular weight excluding hydrogens is 373 g/mol. The van der Waals surface area contributed by atoms with Crippen molar-refractivity contribution < 1.29 is 32.9 Å². The number of aliphatic hydroxyl groups is 2. The molecule has 26 heavy (non-hydrogen) atoms. The van der Waals surface area contributed by atoms with Gasteiger partial charge in [-0.15, -0.1) is 0 Å². The summed E-state index contributed by atoms with van der Waals surface area (Å²) in [6.07, 6.45) is -12.3. The first kappa shape index (κ1) is 19.3. The number of halogens is 3. The van der Waals surface area contributed by atoms with Gasteiger partial charge >= 0.3 is 6.18 Å². The Morgan fingerprint density at radius 3 is 2.42 bits per heavy atom. The van der Waals surface area contributed by atoms with Crippen LogP contribution in [-0.2, 0) is 4.74 Å². The number of aliphatic hydroxyl groups excluding tert-OH is 2. The largest absolute Gasteiger partial charge is 0.478 e. The Morgan fingerprint density at radius 1 is 1.19 bits per heavy atom. The van der Waals surface area contributed by atoms with E-state index in [1.165, 1.54) is 24.3 Å². The van der Waals surface area contributed by atoms with Gasteiger partial charge in [0.05, 0.1) is 0 Å². The zero-order valence-electron chi connectivity index (χ0n) is 14.0. The Labute approximate surface area is 152 Å². The minimum atomic E-state index is -4.80. The second kappa shape index (κ2) is 7.26. The summed E-state index contributed by atoms with van der Waals surface area (Å²) < 4.78 is 51.4. The topological polar surface area (TPSA) is 74.5 Å². The molecule has 0 bridgehead atoms. The third-order valence-corrected chi connectivity index (χ3v) is 5.40. The maximum Gasteiger partial charge on any atom is 0.428 e. The fourth-order valence-electron chi connectivity index (χ4n) is 2.81. The first-order valence-corrected chi connectivity index (χ1v) is 8.78. The number of hydrogen-bond acceptors (Lipinski definition) is 7. The standard InChI is InChI=1S/C16H19F3N2O4S/c1-21(2)15-20-9-10(22)11(23)12(25-14(9)26-15)13(16(17,18)19)24-8-6-4-3-5-7-8/h3-7,9-14,22-23H,1-2H3/t9-,10-,11+,12?,13+,14-/m1/s1. The summed E-state index contributed by atoms with van der Waals surface area (Å²) in [7, 11) is 3.45. The second-order valence-corrected chi connectivity index (χ2v) is 7.32. The van der Waals surface area contributed by atoms with Gasteiger partial charge in [-0.3, -0.25) is 4.99 Å². The molecule has 1 unspecified atom stereocenters. The summed E-state index contributed by atoms with van der Waals surface area (Å²) in [5.41, 5.74) is -0.833. The maximum absolute atomic E-state index is 13.6. The lowest BCUT2D eigenvalue weighted by Crippen LogP contribution is -2.62. The number of amidine groups is 1. The lowest BCUT2D eigenvalue weighted by molar-refractivity contribution is -0.263. The molecule has 1 fully saturated rings. The quantitative estimate of drug-likeness (QED) is 0.812. The predicted molar refractivity (Wildman–Crippen MR) is 90.1 cm³/mol. The fraction of sp³-hybridized carbons (Fsp3) is 0.562. The third kappa shape index (κ3) is 3.78. The molecule has 10 heteroatoms. The molecule has 0 radical (unpaired) electrons. The molecule has 144 valence electrons. The highest BCUT2D eigenvalue weighted by molar-refractivity contribution is 8.14. The number of rotatable bonds is 3. The Kier molecular flexibility index (Phi) is 5.38. The van der Waals surface area contributed by atoms with Gasteiger partial charge in [-0.2, -0.15) is 13.2 Å². The van der Waals surface area contributed by atoms with Crippen molar-refractivity contribution in [1.29, 1.82) is 0 Å². The number of para-hydroxylation sites is 1. The van der Waals surface area contributed by atoms with E-state index in [0.717, 1.165) is 11.8 Å². The number of thioether (sulfide) groups is 1. The molecule has 2 heterocycles. The van der Waals surface area contributed by atoms with Crippen LogP contribution in [0.1, 0.15) is 0 Å². The van der Waals surface area contributed by atoms with Crippen LogP contribution in [0.3, 0.4) is 0 Å². The monoisotopic (exact) mass is 392 g/mol. The van der Waals surface area contributed by atoms with Crippen LogP contribution in [0.25, 0.3) is 0 Å². The van der Waals surface area contributed by atoms with E-state index in [0.29, 0.717) is 5.17 Å². The minimum absolute atomic E-state index is 0.00783. The average Bonchev–Trinajstić information content (AvgIpc) is 3.01. The van der Waals surface area contributed by atoms with Gasteiger partial charge in [0.1, 0.15) is 35.5 Å². The van der Waals surface area contributed by atoms with Gasteiger partial charge in [0.15, 0.2) is 5.17 Å². The predicted octanol–water partition coefficient (Wildman–Crippen LogP) is 1.48. The van der Waals surface area contributed by atoms with E-state index in [4.69, 9.17) is 9.47 Å². The maximum atomic E-state index is 13.6. The van der Waals surface area contributed by atoms with E-state index in [9.17, 15) is 23.4 Å². The second-order valence-electron chi connectivity index (χ2n) is 6.26. The van der Waals surface area contributed by atoms with Crippen LogP contribution >= 0.6 is 11.8 Å². The van der Waals surface area contributed by atoms with Gasteiger partial charge in [-0.25, -0.2) is 0 Å². The number of aliphatic imine (C=N–C) groups is 1. The highest BCUT2D eigenvalue weighted by Crippen LogP contribution is 2.41. The summed E-state index contributed by atoms with van der Waals surface area (Å²) in [4.78, 5) is 5.90. The van der Waals surface area contributed by atoms with Crippen molar-refractivity contribution in [2.75, 3.05) is 14.1 Å². The van der Waals surface area contributed by atoms with Crippen molar-refractivity contribution in [3.63, 3.8) is 0 Å². The van der Waals surface area contributed by atoms with Crippen molar-refractivity contribution in [2.24, 2.45) is 4.99 Å². The van der Waals surface area contributed by atoms with E-state index in [1.54, 1.807) is 25.1 Å².